The van der Waals surface area contributed by atoms with Crippen molar-refractivity contribution in [3.63, 3.8) is 0 Å². The lowest BCUT2D eigenvalue weighted by atomic mass is 10.1. The molecule has 90 valence electrons. The number of hydrogen-bond donors (Lipinski definition) is 0. The second-order valence-electron chi connectivity index (χ2n) is 3.11. The average Bonchev–Trinajstić information content (AvgIpc) is 2.35. The maximum atomic E-state index is 11.3. The molecule has 0 spiro atoms. The van der Waals surface area contributed by atoms with E-state index < -0.39 is 10.9 Å². The van der Waals surface area contributed by atoms with Gasteiger partial charge in [-0.05, 0) is 12.1 Å². The van der Waals surface area contributed by atoms with E-state index in [2.05, 4.69) is 11.3 Å². The standard InChI is InChI=1S/C11H11NO5/c1-7(11(13)17-3)9-5-4-8(16-2)6-10(9)12(14)15/h4-6H,1H2,2-3H3. The van der Waals surface area contributed by atoms with Gasteiger partial charge >= 0.3 is 5.97 Å². The molecule has 0 aromatic heterocycles. The Morgan fingerprint density at radius 3 is 2.53 bits per heavy atom. The zero-order valence-electron chi connectivity index (χ0n) is 9.43. The number of nitrogens with zero attached hydrogens (tertiary/aromatic N) is 1. The van der Waals surface area contributed by atoms with E-state index in [0.29, 0.717) is 5.75 Å². The van der Waals surface area contributed by atoms with Gasteiger partial charge in [0.15, 0.2) is 0 Å². The molecular formula is C11H11NO5. The van der Waals surface area contributed by atoms with Crippen molar-refractivity contribution in [3.05, 3.63) is 40.5 Å². The SMILES string of the molecule is C=C(C(=O)OC)c1ccc(OC)cc1[N+](=O)[O-]. The summed E-state index contributed by atoms with van der Waals surface area (Å²) >= 11 is 0. The van der Waals surface area contributed by atoms with Gasteiger partial charge in [0, 0.05) is 0 Å². The minimum Gasteiger partial charge on any atom is -0.497 e. The third kappa shape index (κ3) is 2.60. The summed E-state index contributed by atoms with van der Waals surface area (Å²) in [7, 11) is 2.58. The summed E-state index contributed by atoms with van der Waals surface area (Å²) in [5.74, 6) is -0.378. The van der Waals surface area contributed by atoms with E-state index in [1.807, 2.05) is 0 Å². The fourth-order valence-electron chi connectivity index (χ4n) is 1.28. The average molecular weight is 237 g/mol. The Bertz CT molecular complexity index is 481. The van der Waals surface area contributed by atoms with Gasteiger partial charge in [0.2, 0.25) is 0 Å². The molecule has 0 radical (unpaired) electrons. The third-order valence-corrected chi connectivity index (χ3v) is 2.16. The number of methoxy groups -OCH3 is 2. The monoisotopic (exact) mass is 237 g/mol. The van der Waals surface area contributed by atoms with Gasteiger partial charge in [-0.2, -0.15) is 0 Å². The van der Waals surface area contributed by atoms with Gasteiger partial charge in [0.1, 0.15) is 5.75 Å². The molecule has 1 aromatic carbocycles. The van der Waals surface area contributed by atoms with Crippen molar-refractivity contribution in [2.45, 2.75) is 0 Å². The van der Waals surface area contributed by atoms with Crippen LogP contribution in [0.25, 0.3) is 5.57 Å². The van der Waals surface area contributed by atoms with Crippen molar-refractivity contribution in [1.82, 2.24) is 0 Å². The minimum atomic E-state index is -0.710. The number of benzene rings is 1. The summed E-state index contributed by atoms with van der Waals surface area (Å²) < 4.78 is 9.34. The molecule has 0 fully saturated rings. The molecule has 0 bridgehead atoms. The van der Waals surface area contributed by atoms with Gasteiger partial charge in [-0.15, -0.1) is 0 Å². The second-order valence-corrected chi connectivity index (χ2v) is 3.11. The molecule has 0 saturated heterocycles. The van der Waals surface area contributed by atoms with Gasteiger partial charge in [0.25, 0.3) is 5.69 Å². The Morgan fingerprint density at radius 2 is 2.06 bits per heavy atom. The molecule has 0 N–H and O–H groups in total. The number of nitro benzene ring substituents is 1. The van der Waals surface area contributed by atoms with Crippen molar-refractivity contribution in [1.29, 1.82) is 0 Å². The quantitative estimate of drug-likeness (QED) is 0.345. The molecule has 1 rings (SSSR count). The van der Waals surface area contributed by atoms with Crippen LogP contribution in [0.15, 0.2) is 24.8 Å². The lowest BCUT2D eigenvalue weighted by Crippen LogP contribution is -2.05. The van der Waals surface area contributed by atoms with Crippen molar-refractivity contribution in [2.75, 3.05) is 14.2 Å². The van der Waals surface area contributed by atoms with Crippen LogP contribution in [-0.2, 0) is 9.53 Å². The van der Waals surface area contributed by atoms with Crippen LogP contribution >= 0.6 is 0 Å². The van der Waals surface area contributed by atoms with Gasteiger partial charge in [-0.1, -0.05) is 6.58 Å². The van der Waals surface area contributed by atoms with Crippen LogP contribution in [0.1, 0.15) is 5.56 Å². The lowest BCUT2D eigenvalue weighted by Gasteiger charge is -2.06. The smallest absolute Gasteiger partial charge is 0.338 e. The molecule has 6 nitrogen and oxygen atoms in total. The summed E-state index contributed by atoms with van der Waals surface area (Å²) in [6.07, 6.45) is 0. The summed E-state index contributed by atoms with van der Waals surface area (Å²) in [6.45, 7) is 3.47. The zero-order chi connectivity index (χ0) is 13.0. The largest absolute Gasteiger partial charge is 0.497 e. The van der Waals surface area contributed by atoms with Crippen molar-refractivity contribution < 1.29 is 19.2 Å². The van der Waals surface area contributed by atoms with E-state index in [0.717, 1.165) is 0 Å². The first-order valence-electron chi connectivity index (χ1n) is 4.61. The van der Waals surface area contributed by atoms with Crippen molar-refractivity contribution in [3.8, 4) is 5.75 Å². The molecule has 1 aromatic rings. The number of nitro groups is 1. The van der Waals surface area contributed by atoms with E-state index in [-0.39, 0.29) is 16.8 Å². The zero-order valence-corrected chi connectivity index (χ0v) is 9.43. The summed E-state index contributed by atoms with van der Waals surface area (Å²) in [5.41, 5.74) is -0.204. The first kappa shape index (κ1) is 12.7. The lowest BCUT2D eigenvalue weighted by molar-refractivity contribution is -0.385. The van der Waals surface area contributed by atoms with E-state index in [1.165, 1.54) is 32.4 Å². The Hall–Kier alpha value is -2.37. The number of rotatable bonds is 4. The molecule has 0 saturated carbocycles. The predicted molar refractivity (Wildman–Crippen MR) is 60.7 cm³/mol. The van der Waals surface area contributed by atoms with Crippen LogP contribution in [0, 0.1) is 10.1 Å². The first-order valence-corrected chi connectivity index (χ1v) is 4.61. The van der Waals surface area contributed by atoms with Crippen molar-refractivity contribution >= 4 is 17.2 Å². The number of carbonyl (C=O) groups excluding carboxylic acids is 1. The highest BCUT2D eigenvalue weighted by Gasteiger charge is 2.21. The summed E-state index contributed by atoms with van der Waals surface area (Å²) in [5, 5.41) is 10.9. The van der Waals surface area contributed by atoms with Gasteiger partial charge < -0.3 is 9.47 Å². The number of carbonyl (C=O) groups is 1. The Kier molecular flexibility index (Phi) is 3.82. The van der Waals surface area contributed by atoms with Crippen LogP contribution in [0.4, 0.5) is 5.69 Å². The number of esters is 1. The van der Waals surface area contributed by atoms with Crippen LogP contribution < -0.4 is 4.74 Å². The molecule has 6 heteroatoms. The predicted octanol–water partition coefficient (Wildman–Crippen LogP) is 1.79. The van der Waals surface area contributed by atoms with Crippen molar-refractivity contribution in [2.24, 2.45) is 0 Å². The van der Waals surface area contributed by atoms with E-state index >= 15 is 0 Å². The minimum absolute atomic E-state index is 0.0677. The molecule has 0 atom stereocenters. The number of hydrogen-bond acceptors (Lipinski definition) is 5. The van der Waals surface area contributed by atoms with Crippen LogP contribution in [0.5, 0.6) is 5.75 Å². The second kappa shape index (κ2) is 5.11. The molecule has 0 aliphatic carbocycles. The Morgan fingerprint density at radius 1 is 1.41 bits per heavy atom. The molecule has 0 heterocycles. The van der Waals surface area contributed by atoms with E-state index in [4.69, 9.17) is 4.74 Å². The van der Waals surface area contributed by atoms with Crippen LogP contribution in [-0.4, -0.2) is 25.1 Å². The molecule has 0 aliphatic rings. The van der Waals surface area contributed by atoms with E-state index in [1.54, 1.807) is 0 Å². The normalized spacial score (nSPS) is 9.53. The third-order valence-electron chi connectivity index (χ3n) is 2.16. The topological polar surface area (TPSA) is 78.7 Å². The van der Waals surface area contributed by atoms with Crippen LogP contribution in [0.2, 0.25) is 0 Å². The van der Waals surface area contributed by atoms with Gasteiger partial charge in [-0.25, -0.2) is 4.79 Å². The molecular weight excluding hydrogens is 226 g/mol. The molecule has 17 heavy (non-hydrogen) atoms. The highest BCUT2D eigenvalue weighted by molar-refractivity contribution is 6.16. The van der Waals surface area contributed by atoms with Crippen LogP contribution in [0.3, 0.4) is 0 Å². The number of ether oxygens (including phenoxy) is 2. The van der Waals surface area contributed by atoms with Gasteiger partial charge in [0.05, 0.1) is 36.3 Å². The fourth-order valence-corrected chi connectivity index (χ4v) is 1.28. The molecule has 0 unspecified atom stereocenters. The Balaban J connectivity index is 3.28. The van der Waals surface area contributed by atoms with Gasteiger partial charge in [-0.3, -0.25) is 10.1 Å². The van der Waals surface area contributed by atoms with E-state index in [9.17, 15) is 14.9 Å². The maximum absolute atomic E-state index is 11.3. The summed E-state index contributed by atoms with van der Waals surface area (Å²) in [4.78, 5) is 21.5. The fraction of sp³-hybridized carbons (Fsp3) is 0.182. The Labute approximate surface area is 97.6 Å². The maximum Gasteiger partial charge on any atom is 0.338 e. The highest BCUT2D eigenvalue weighted by Crippen LogP contribution is 2.29. The highest BCUT2D eigenvalue weighted by atomic mass is 16.6. The first-order chi connectivity index (χ1) is 8.01. The summed E-state index contributed by atoms with van der Waals surface area (Å²) in [6, 6.07) is 4.14. The molecule has 0 aliphatic heterocycles. The molecule has 0 amide bonds.